The number of hydrogen-bond acceptors (Lipinski definition) is 5. The predicted octanol–water partition coefficient (Wildman–Crippen LogP) is 3.64. The average Bonchev–Trinajstić information content (AvgIpc) is 3.04. The molecule has 0 aromatic carbocycles. The number of pyridine rings is 1. The van der Waals surface area contributed by atoms with Gasteiger partial charge in [0.05, 0.1) is 17.9 Å². The quantitative estimate of drug-likeness (QED) is 0.719. The molecular weight excluding hydrogens is 407 g/mol. The summed E-state index contributed by atoms with van der Waals surface area (Å²) in [6.45, 7) is 4.61. The van der Waals surface area contributed by atoms with Gasteiger partial charge in [0.15, 0.2) is 0 Å². The van der Waals surface area contributed by atoms with E-state index in [9.17, 15) is 13.2 Å². The minimum atomic E-state index is -4.54. The van der Waals surface area contributed by atoms with Gasteiger partial charge in [-0.2, -0.15) is 18.3 Å². The van der Waals surface area contributed by atoms with E-state index in [4.69, 9.17) is 15.6 Å². The molecule has 2 saturated carbocycles. The largest absolute Gasteiger partial charge is 0.419 e. The van der Waals surface area contributed by atoms with Crippen LogP contribution in [0.1, 0.15) is 36.4 Å². The average molecular weight is 435 g/mol. The fourth-order valence-corrected chi connectivity index (χ4v) is 5.20. The Morgan fingerprint density at radius 2 is 1.94 bits per heavy atom. The molecule has 2 aromatic heterocycles. The van der Waals surface area contributed by atoms with Crippen LogP contribution in [-0.2, 0) is 17.5 Å². The Bertz CT molecular complexity index is 943. The highest BCUT2D eigenvalue weighted by atomic mass is 19.4. The summed E-state index contributed by atoms with van der Waals surface area (Å²) in [5, 5.41) is 4.75. The first-order chi connectivity index (χ1) is 14.8. The summed E-state index contributed by atoms with van der Waals surface area (Å²) in [5.41, 5.74) is 6.65. The van der Waals surface area contributed by atoms with Gasteiger partial charge in [0.1, 0.15) is 5.82 Å². The summed E-state index contributed by atoms with van der Waals surface area (Å²) in [7, 11) is 1.72. The van der Waals surface area contributed by atoms with Crippen LogP contribution in [0.2, 0.25) is 0 Å². The molecule has 2 aromatic rings. The van der Waals surface area contributed by atoms with Crippen molar-refractivity contribution in [3.05, 3.63) is 29.6 Å². The van der Waals surface area contributed by atoms with E-state index in [-0.39, 0.29) is 0 Å². The Morgan fingerprint density at radius 1 is 1.19 bits per heavy atom. The molecule has 0 unspecified atom stereocenters. The first kappa shape index (κ1) is 20.8. The number of ether oxygens (including phenoxy) is 1. The van der Waals surface area contributed by atoms with Gasteiger partial charge in [0.2, 0.25) is 0 Å². The van der Waals surface area contributed by atoms with E-state index < -0.39 is 17.6 Å². The number of alkyl halides is 3. The molecule has 2 aliphatic carbocycles. The lowest BCUT2D eigenvalue weighted by molar-refractivity contribution is -0.137. The van der Waals surface area contributed by atoms with Gasteiger partial charge in [0, 0.05) is 56.7 Å². The molecule has 0 bridgehead atoms. The molecule has 2 N–H and O–H groups in total. The van der Waals surface area contributed by atoms with Crippen LogP contribution >= 0.6 is 0 Å². The zero-order chi connectivity index (χ0) is 21.8. The minimum Gasteiger partial charge on any atom is -0.383 e. The Hall–Kier alpha value is -2.13. The molecule has 168 valence electrons. The van der Waals surface area contributed by atoms with Crippen LogP contribution in [0.15, 0.2) is 18.3 Å². The summed E-state index contributed by atoms with van der Waals surface area (Å²) in [6.07, 6.45) is 0.486. The van der Waals surface area contributed by atoms with Crippen molar-refractivity contribution in [1.29, 1.82) is 0 Å². The van der Waals surface area contributed by atoms with Crippen molar-refractivity contribution in [2.75, 3.05) is 39.1 Å². The predicted molar refractivity (Wildman–Crippen MR) is 110 cm³/mol. The molecule has 1 aliphatic heterocycles. The summed E-state index contributed by atoms with van der Waals surface area (Å²) >= 11 is 0. The number of piperidine rings is 1. The first-order valence-corrected chi connectivity index (χ1v) is 11.0. The molecule has 5 rings (SSSR count). The van der Waals surface area contributed by atoms with E-state index in [1.54, 1.807) is 7.11 Å². The number of likely N-dealkylation sites (tertiary alicyclic amines) is 1. The summed E-state index contributed by atoms with van der Waals surface area (Å²) in [4.78, 5) is 6.23. The number of nitrogens with zero attached hydrogens (tertiary/aromatic N) is 4. The maximum absolute atomic E-state index is 13.3. The van der Waals surface area contributed by atoms with E-state index in [1.807, 2.05) is 6.07 Å². The molecule has 0 spiro atoms. The van der Waals surface area contributed by atoms with Gasteiger partial charge in [-0.3, -0.25) is 4.68 Å². The van der Waals surface area contributed by atoms with Gasteiger partial charge >= 0.3 is 6.18 Å². The van der Waals surface area contributed by atoms with Gasteiger partial charge in [0.25, 0.3) is 0 Å². The van der Waals surface area contributed by atoms with Crippen LogP contribution in [0.4, 0.5) is 19.0 Å². The van der Waals surface area contributed by atoms with Crippen LogP contribution in [-0.4, -0.2) is 53.0 Å². The van der Waals surface area contributed by atoms with Crippen molar-refractivity contribution in [2.24, 2.45) is 17.8 Å². The Kier molecular flexibility index (Phi) is 5.21. The first-order valence-electron chi connectivity index (χ1n) is 11.0. The summed E-state index contributed by atoms with van der Waals surface area (Å²) < 4.78 is 47.2. The van der Waals surface area contributed by atoms with Crippen molar-refractivity contribution in [1.82, 2.24) is 19.7 Å². The molecule has 9 heteroatoms. The lowest BCUT2D eigenvalue weighted by atomic mass is 9.85. The lowest BCUT2D eigenvalue weighted by Crippen LogP contribution is -2.28. The number of anilines is 1. The topological polar surface area (TPSA) is 69.2 Å². The highest BCUT2D eigenvalue weighted by Gasteiger charge is 2.57. The number of nitrogen functional groups attached to an aromatic ring is 1. The molecular formula is C22H28F3N5O. The number of methoxy groups -OCH3 is 1. The van der Waals surface area contributed by atoms with Gasteiger partial charge in [-0.1, -0.05) is 6.42 Å². The second-order valence-corrected chi connectivity index (χ2v) is 9.19. The van der Waals surface area contributed by atoms with E-state index in [0.29, 0.717) is 34.9 Å². The second-order valence-electron chi connectivity index (χ2n) is 9.19. The normalized spacial score (nSPS) is 26.1. The molecule has 3 aliphatic rings. The number of aromatic nitrogens is 3. The molecule has 3 atom stereocenters. The zero-order valence-corrected chi connectivity index (χ0v) is 17.6. The van der Waals surface area contributed by atoms with E-state index >= 15 is 0 Å². The molecule has 0 amide bonds. The smallest absolute Gasteiger partial charge is 0.383 e. The third-order valence-electron chi connectivity index (χ3n) is 7.21. The van der Waals surface area contributed by atoms with Crippen molar-refractivity contribution in [2.45, 2.75) is 37.9 Å². The van der Waals surface area contributed by atoms with Gasteiger partial charge < -0.3 is 15.4 Å². The molecule has 6 nitrogen and oxygen atoms in total. The number of hydrogen-bond donors (Lipinski definition) is 1. The highest BCUT2D eigenvalue weighted by Crippen LogP contribution is 2.58. The van der Waals surface area contributed by atoms with Crippen molar-refractivity contribution >= 4 is 5.82 Å². The summed E-state index contributed by atoms with van der Waals surface area (Å²) in [5.74, 6) is 1.73. The standard InChI is InChI=1S/C22H28F3N5O/c1-31-6-5-29-11-15-16(12-29)20(15)19-8-18(28-30(19)10-13-3-2-4-13)14-7-17(22(23,24)25)21(26)27-9-14/h7-9,13,15-16,20H,2-6,10-12H2,1H3,(H2,26,27)/t15-,16+,20-. The second kappa shape index (κ2) is 7.78. The zero-order valence-electron chi connectivity index (χ0n) is 17.6. The highest BCUT2D eigenvalue weighted by molar-refractivity contribution is 5.63. The van der Waals surface area contributed by atoms with Gasteiger partial charge in [-0.15, -0.1) is 0 Å². The maximum Gasteiger partial charge on any atom is 0.419 e. The fourth-order valence-electron chi connectivity index (χ4n) is 5.20. The fraction of sp³-hybridized carbons (Fsp3) is 0.636. The van der Waals surface area contributed by atoms with Gasteiger partial charge in [-0.05, 0) is 42.7 Å². The third kappa shape index (κ3) is 3.93. The third-order valence-corrected chi connectivity index (χ3v) is 7.21. The molecule has 3 heterocycles. The number of nitrogens with two attached hydrogens (primary N) is 1. The van der Waals surface area contributed by atoms with Crippen molar-refractivity contribution in [3.8, 4) is 11.3 Å². The van der Waals surface area contributed by atoms with E-state index in [0.717, 1.165) is 44.5 Å². The van der Waals surface area contributed by atoms with E-state index in [2.05, 4.69) is 14.6 Å². The monoisotopic (exact) mass is 435 g/mol. The van der Waals surface area contributed by atoms with Crippen LogP contribution in [0, 0.1) is 17.8 Å². The Balaban J connectivity index is 1.41. The molecule has 0 radical (unpaired) electrons. The Morgan fingerprint density at radius 3 is 2.55 bits per heavy atom. The SMILES string of the molecule is COCCN1C[C@@H]2[C@H](C1)[C@@H]2c1cc(-c2cnc(N)c(C(F)(F)F)c2)nn1CC1CCC1. The number of fused-ring (bicyclic) bond motifs is 1. The van der Waals surface area contributed by atoms with Crippen molar-refractivity contribution < 1.29 is 17.9 Å². The van der Waals surface area contributed by atoms with Crippen LogP contribution < -0.4 is 5.73 Å². The lowest BCUT2D eigenvalue weighted by Gasteiger charge is -2.26. The molecule has 31 heavy (non-hydrogen) atoms. The van der Waals surface area contributed by atoms with Crippen LogP contribution in [0.5, 0.6) is 0 Å². The maximum atomic E-state index is 13.3. The summed E-state index contributed by atoms with van der Waals surface area (Å²) in [6, 6.07) is 3.05. The van der Waals surface area contributed by atoms with Crippen LogP contribution in [0.25, 0.3) is 11.3 Å². The van der Waals surface area contributed by atoms with E-state index in [1.165, 1.54) is 25.5 Å². The number of rotatable bonds is 7. The van der Waals surface area contributed by atoms with Gasteiger partial charge in [-0.25, -0.2) is 4.98 Å². The molecule has 1 saturated heterocycles. The van der Waals surface area contributed by atoms with Crippen molar-refractivity contribution in [3.63, 3.8) is 0 Å². The minimum absolute atomic E-state index is 0.364. The van der Waals surface area contributed by atoms with Crippen LogP contribution in [0.3, 0.4) is 0 Å². The Labute approximate surface area is 179 Å². The molecule has 3 fully saturated rings. The number of halogens is 3.